The molecule has 2 aromatic heterocycles. The Balaban J connectivity index is 1.69. The fraction of sp³-hybridized carbons (Fsp3) is 0.364. The van der Waals surface area contributed by atoms with E-state index in [1.54, 1.807) is 43.2 Å². The lowest BCUT2D eigenvalue weighted by Gasteiger charge is -2.17. The monoisotopic (exact) mass is 407 g/mol. The van der Waals surface area contributed by atoms with Gasteiger partial charge in [-0.25, -0.2) is 14.6 Å². The van der Waals surface area contributed by atoms with Gasteiger partial charge in [-0.2, -0.15) is 5.10 Å². The zero-order chi connectivity index (χ0) is 21.1. The van der Waals surface area contributed by atoms with E-state index in [1.807, 2.05) is 30.3 Å². The van der Waals surface area contributed by atoms with Crippen molar-refractivity contribution in [2.24, 2.45) is 0 Å². The molecule has 1 aliphatic rings. The molecule has 1 amide bonds. The number of methoxy groups -OCH3 is 2. The van der Waals surface area contributed by atoms with Gasteiger partial charge in [-0.3, -0.25) is 4.79 Å². The number of ether oxygens (including phenoxy) is 2. The molecule has 1 saturated carbocycles. The van der Waals surface area contributed by atoms with E-state index >= 15 is 0 Å². The molecule has 0 atom stereocenters. The average Bonchev–Trinajstić information content (AvgIpc) is 3.54. The Hall–Kier alpha value is -3.26. The standard InChI is InChI=1S/C22H25N5O3/c1-26(11-12-29-2)21(28)18-14-24-27(20(18)15-7-8-15)22-23-10-9-19(25-22)16-5-4-6-17(13-16)30-3/h4-6,9-10,13-15H,7-8,11-12H2,1-3H3. The molecule has 1 fully saturated rings. The molecule has 8 heteroatoms. The summed E-state index contributed by atoms with van der Waals surface area (Å²) in [4.78, 5) is 23.8. The second-order valence-corrected chi connectivity index (χ2v) is 7.32. The van der Waals surface area contributed by atoms with Crippen LogP contribution in [0, 0.1) is 0 Å². The van der Waals surface area contributed by atoms with Crippen LogP contribution in [0.1, 0.15) is 34.8 Å². The molecular formula is C22H25N5O3. The number of aromatic nitrogens is 4. The highest BCUT2D eigenvalue weighted by atomic mass is 16.5. The van der Waals surface area contributed by atoms with Gasteiger partial charge in [0.05, 0.1) is 36.9 Å². The number of benzene rings is 1. The van der Waals surface area contributed by atoms with Crippen LogP contribution in [0.5, 0.6) is 5.75 Å². The van der Waals surface area contributed by atoms with Gasteiger partial charge < -0.3 is 14.4 Å². The van der Waals surface area contributed by atoms with Crippen LogP contribution in [-0.4, -0.2) is 65.0 Å². The Bertz CT molecular complexity index is 1040. The summed E-state index contributed by atoms with van der Waals surface area (Å²) in [7, 11) is 5.03. The van der Waals surface area contributed by atoms with E-state index in [1.165, 1.54) is 0 Å². The largest absolute Gasteiger partial charge is 0.497 e. The van der Waals surface area contributed by atoms with Crippen LogP contribution < -0.4 is 4.74 Å². The fourth-order valence-electron chi connectivity index (χ4n) is 3.36. The number of amides is 1. The summed E-state index contributed by atoms with van der Waals surface area (Å²) in [5, 5.41) is 4.49. The van der Waals surface area contributed by atoms with E-state index in [2.05, 4.69) is 10.1 Å². The summed E-state index contributed by atoms with van der Waals surface area (Å²) in [6.07, 6.45) is 5.40. The predicted octanol–water partition coefficient (Wildman–Crippen LogP) is 2.93. The third-order valence-electron chi connectivity index (χ3n) is 5.18. The van der Waals surface area contributed by atoms with Gasteiger partial charge in [0.25, 0.3) is 11.9 Å². The van der Waals surface area contributed by atoms with Gasteiger partial charge in [0.2, 0.25) is 0 Å². The van der Waals surface area contributed by atoms with Crippen molar-refractivity contribution < 1.29 is 14.3 Å². The van der Waals surface area contributed by atoms with Crippen LogP contribution in [0.3, 0.4) is 0 Å². The molecule has 0 unspecified atom stereocenters. The van der Waals surface area contributed by atoms with Crippen LogP contribution >= 0.6 is 0 Å². The average molecular weight is 407 g/mol. The second kappa shape index (κ2) is 8.62. The maximum Gasteiger partial charge on any atom is 0.257 e. The van der Waals surface area contributed by atoms with Gasteiger partial charge in [0.15, 0.2) is 0 Å². The smallest absolute Gasteiger partial charge is 0.257 e. The molecule has 0 bridgehead atoms. The van der Waals surface area contributed by atoms with Crippen molar-refractivity contribution >= 4 is 5.91 Å². The molecule has 0 radical (unpaired) electrons. The quantitative estimate of drug-likeness (QED) is 0.571. The van der Waals surface area contributed by atoms with Crippen LogP contribution in [-0.2, 0) is 4.74 Å². The molecular weight excluding hydrogens is 382 g/mol. The Morgan fingerprint density at radius 1 is 1.27 bits per heavy atom. The van der Waals surface area contributed by atoms with Gasteiger partial charge in [-0.15, -0.1) is 0 Å². The first-order valence-electron chi connectivity index (χ1n) is 9.92. The van der Waals surface area contributed by atoms with Crippen molar-refractivity contribution in [1.29, 1.82) is 0 Å². The molecule has 156 valence electrons. The highest BCUT2D eigenvalue weighted by molar-refractivity contribution is 5.95. The number of rotatable bonds is 8. The topological polar surface area (TPSA) is 82.4 Å². The number of hydrogen-bond acceptors (Lipinski definition) is 6. The number of carbonyl (C=O) groups is 1. The van der Waals surface area contributed by atoms with E-state index in [-0.39, 0.29) is 5.91 Å². The van der Waals surface area contributed by atoms with E-state index in [4.69, 9.17) is 14.5 Å². The summed E-state index contributed by atoms with van der Waals surface area (Å²) in [6, 6.07) is 9.56. The van der Waals surface area contributed by atoms with Gasteiger partial charge in [-0.05, 0) is 31.0 Å². The normalized spacial score (nSPS) is 13.3. The molecule has 0 aliphatic heterocycles. The molecule has 0 saturated heterocycles. The highest BCUT2D eigenvalue weighted by Gasteiger charge is 2.34. The first-order valence-corrected chi connectivity index (χ1v) is 9.92. The van der Waals surface area contributed by atoms with E-state index in [0.717, 1.165) is 35.5 Å². The van der Waals surface area contributed by atoms with Gasteiger partial charge in [0, 0.05) is 38.4 Å². The van der Waals surface area contributed by atoms with Gasteiger partial charge >= 0.3 is 0 Å². The highest BCUT2D eigenvalue weighted by Crippen LogP contribution is 2.42. The van der Waals surface area contributed by atoms with E-state index in [0.29, 0.717) is 30.6 Å². The minimum atomic E-state index is -0.0656. The minimum Gasteiger partial charge on any atom is -0.497 e. The first kappa shape index (κ1) is 20.0. The Morgan fingerprint density at radius 3 is 2.83 bits per heavy atom. The van der Waals surface area contributed by atoms with Crippen molar-refractivity contribution in [3.63, 3.8) is 0 Å². The van der Waals surface area contributed by atoms with Crippen LogP contribution in [0.25, 0.3) is 17.2 Å². The van der Waals surface area contributed by atoms with Gasteiger partial charge in [-0.1, -0.05) is 12.1 Å². The van der Waals surface area contributed by atoms with E-state index in [9.17, 15) is 4.79 Å². The lowest BCUT2D eigenvalue weighted by atomic mass is 10.1. The van der Waals surface area contributed by atoms with Crippen LogP contribution in [0.4, 0.5) is 0 Å². The third kappa shape index (κ3) is 4.04. The molecule has 30 heavy (non-hydrogen) atoms. The molecule has 2 heterocycles. The molecule has 1 aromatic carbocycles. The molecule has 0 spiro atoms. The second-order valence-electron chi connectivity index (χ2n) is 7.32. The number of carbonyl (C=O) groups excluding carboxylic acids is 1. The minimum absolute atomic E-state index is 0.0656. The Labute approximate surface area is 175 Å². The maximum absolute atomic E-state index is 13.0. The lowest BCUT2D eigenvalue weighted by Crippen LogP contribution is -2.30. The van der Waals surface area contributed by atoms with Crippen molar-refractivity contribution in [2.75, 3.05) is 34.4 Å². The summed E-state index contributed by atoms with van der Waals surface area (Å²) in [5.41, 5.74) is 3.17. The zero-order valence-electron chi connectivity index (χ0n) is 17.4. The summed E-state index contributed by atoms with van der Waals surface area (Å²) < 4.78 is 12.1. The van der Waals surface area contributed by atoms with Crippen molar-refractivity contribution in [1.82, 2.24) is 24.6 Å². The zero-order valence-corrected chi connectivity index (χ0v) is 17.4. The summed E-state index contributed by atoms with van der Waals surface area (Å²) in [6.45, 7) is 1.01. The number of hydrogen-bond donors (Lipinski definition) is 0. The SMILES string of the molecule is COCCN(C)C(=O)c1cnn(-c2nccc(-c3cccc(OC)c3)n2)c1C1CC1. The maximum atomic E-state index is 13.0. The third-order valence-corrected chi connectivity index (χ3v) is 5.18. The fourth-order valence-corrected chi connectivity index (χ4v) is 3.36. The lowest BCUT2D eigenvalue weighted by molar-refractivity contribution is 0.0743. The van der Waals surface area contributed by atoms with Crippen molar-refractivity contribution in [3.8, 4) is 23.0 Å². The van der Waals surface area contributed by atoms with Crippen molar-refractivity contribution in [3.05, 3.63) is 54.0 Å². The van der Waals surface area contributed by atoms with Crippen molar-refractivity contribution in [2.45, 2.75) is 18.8 Å². The molecule has 1 aliphatic carbocycles. The first-order chi connectivity index (χ1) is 14.6. The molecule has 3 aromatic rings. The summed E-state index contributed by atoms with van der Waals surface area (Å²) >= 11 is 0. The van der Waals surface area contributed by atoms with Gasteiger partial charge in [0.1, 0.15) is 5.75 Å². The molecule has 4 rings (SSSR count). The van der Waals surface area contributed by atoms with E-state index < -0.39 is 0 Å². The molecule has 0 N–H and O–H groups in total. The van der Waals surface area contributed by atoms with Crippen LogP contribution in [0.2, 0.25) is 0 Å². The number of likely N-dealkylation sites (N-methyl/N-ethyl adjacent to an activating group) is 1. The number of nitrogens with zero attached hydrogens (tertiary/aromatic N) is 5. The Kier molecular flexibility index (Phi) is 5.76. The predicted molar refractivity (Wildman–Crippen MR) is 112 cm³/mol. The Morgan fingerprint density at radius 2 is 2.10 bits per heavy atom. The van der Waals surface area contributed by atoms with Crippen LogP contribution in [0.15, 0.2) is 42.7 Å². The summed E-state index contributed by atoms with van der Waals surface area (Å²) in [5.74, 6) is 1.45. The molecule has 8 nitrogen and oxygen atoms in total.